The smallest absolute Gasteiger partial charge is 0.312 e. The number of carboxylic acids is 1. The van der Waals surface area contributed by atoms with Crippen molar-refractivity contribution in [2.24, 2.45) is 5.41 Å². The Balaban J connectivity index is 3.25. The molecule has 16 heavy (non-hydrogen) atoms. The Morgan fingerprint density at radius 2 is 1.69 bits per heavy atom. The number of carboxylic acid groups (broad SMARTS) is 1. The standard InChI is InChI=1S/C12H22O4/c1-9(2)7-12(15,11(5,6)16-9)10(3,4)8(13)14/h15H,7H2,1-6H3,(H,13,14). The molecule has 0 aromatic heterocycles. The van der Waals surface area contributed by atoms with Crippen LogP contribution in [0, 0.1) is 5.41 Å². The number of aliphatic carboxylic acids is 1. The van der Waals surface area contributed by atoms with Gasteiger partial charge in [-0.25, -0.2) is 0 Å². The molecule has 94 valence electrons. The molecule has 0 saturated carbocycles. The van der Waals surface area contributed by atoms with Crippen LogP contribution in [0.2, 0.25) is 0 Å². The maximum atomic E-state index is 11.3. The number of ether oxygens (including phenoxy) is 1. The zero-order chi connectivity index (χ0) is 13.0. The Hall–Kier alpha value is -0.610. The molecule has 1 atom stereocenters. The third-order valence-corrected chi connectivity index (χ3v) is 3.78. The van der Waals surface area contributed by atoms with Crippen LogP contribution < -0.4 is 0 Å². The molecule has 0 spiro atoms. The summed E-state index contributed by atoms with van der Waals surface area (Å²) in [7, 11) is 0. The second kappa shape index (κ2) is 3.20. The van der Waals surface area contributed by atoms with Gasteiger partial charge < -0.3 is 14.9 Å². The largest absolute Gasteiger partial charge is 0.481 e. The Labute approximate surface area is 96.6 Å². The monoisotopic (exact) mass is 230 g/mol. The normalized spacial score (nSPS) is 32.7. The molecule has 0 radical (unpaired) electrons. The Morgan fingerprint density at radius 3 is 1.94 bits per heavy atom. The fourth-order valence-corrected chi connectivity index (χ4v) is 2.79. The van der Waals surface area contributed by atoms with Crippen molar-refractivity contribution in [3.05, 3.63) is 0 Å². The van der Waals surface area contributed by atoms with Gasteiger partial charge in [0, 0.05) is 6.42 Å². The van der Waals surface area contributed by atoms with Gasteiger partial charge in [0.05, 0.1) is 16.6 Å². The zero-order valence-corrected chi connectivity index (χ0v) is 10.9. The molecule has 1 aliphatic rings. The lowest BCUT2D eigenvalue weighted by Crippen LogP contribution is -2.59. The first-order chi connectivity index (χ1) is 6.86. The average Bonchev–Trinajstić information content (AvgIpc) is 2.15. The predicted molar refractivity (Wildman–Crippen MR) is 60.2 cm³/mol. The molecule has 1 fully saturated rings. The van der Waals surface area contributed by atoms with Crippen molar-refractivity contribution >= 4 is 5.97 Å². The first-order valence-electron chi connectivity index (χ1n) is 5.52. The van der Waals surface area contributed by atoms with Gasteiger partial charge in [0.2, 0.25) is 0 Å². The van der Waals surface area contributed by atoms with Crippen LogP contribution in [-0.2, 0) is 9.53 Å². The lowest BCUT2D eigenvalue weighted by molar-refractivity contribution is -0.191. The molecule has 2 N–H and O–H groups in total. The summed E-state index contributed by atoms with van der Waals surface area (Å²) >= 11 is 0. The van der Waals surface area contributed by atoms with Gasteiger partial charge in [-0.15, -0.1) is 0 Å². The average molecular weight is 230 g/mol. The third-order valence-electron chi connectivity index (χ3n) is 3.78. The maximum absolute atomic E-state index is 11.3. The first-order valence-corrected chi connectivity index (χ1v) is 5.52. The van der Waals surface area contributed by atoms with Crippen LogP contribution in [0.15, 0.2) is 0 Å². The second-order valence-electron chi connectivity index (χ2n) is 6.34. The number of carbonyl (C=O) groups is 1. The first kappa shape index (κ1) is 13.5. The van der Waals surface area contributed by atoms with Crippen LogP contribution in [0.4, 0.5) is 0 Å². The fourth-order valence-electron chi connectivity index (χ4n) is 2.79. The van der Waals surface area contributed by atoms with Crippen LogP contribution in [0.3, 0.4) is 0 Å². The molecular weight excluding hydrogens is 208 g/mol. The summed E-state index contributed by atoms with van der Waals surface area (Å²) in [5, 5.41) is 20.0. The van der Waals surface area contributed by atoms with Crippen molar-refractivity contribution in [1.29, 1.82) is 0 Å². The van der Waals surface area contributed by atoms with Crippen molar-refractivity contribution in [2.75, 3.05) is 0 Å². The lowest BCUT2D eigenvalue weighted by Gasteiger charge is -2.44. The van der Waals surface area contributed by atoms with Gasteiger partial charge in [-0.3, -0.25) is 4.79 Å². The van der Waals surface area contributed by atoms with Gasteiger partial charge in [-0.2, -0.15) is 0 Å². The minimum atomic E-state index is -1.38. The highest BCUT2D eigenvalue weighted by atomic mass is 16.6. The van der Waals surface area contributed by atoms with Gasteiger partial charge in [0.15, 0.2) is 0 Å². The molecule has 0 aromatic carbocycles. The molecule has 0 bridgehead atoms. The molecule has 0 aliphatic carbocycles. The molecular formula is C12H22O4. The van der Waals surface area contributed by atoms with Crippen LogP contribution in [0.25, 0.3) is 0 Å². The van der Waals surface area contributed by atoms with Crippen LogP contribution >= 0.6 is 0 Å². The van der Waals surface area contributed by atoms with E-state index >= 15 is 0 Å². The van der Waals surface area contributed by atoms with Crippen LogP contribution in [0.5, 0.6) is 0 Å². The van der Waals surface area contributed by atoms with Gasteiger partial charge in [0.25, 0.3) is 0 Å². The fraction of sp³-hybridized carbons (Fsp3) is 0.917. The minimum absolute atomic E-state index is 0.312. The molecule has 0 aromatic rings. The summed E-state index contributed by atoms with van der Waals surface area (Å²) in [6, 6.07) is 0. The van der Waals surface area contributed by atoms with Gasteiger partial charge >= 0.3 is 5.97 Å². The summed E-state index contributed by atoms with van der Waals surface area (Å²) in [4.78, 5) is 11.3. The van der Waals surface area contributed by atoms with E-state index in [4.69, 9.17) is 4.74 Å². The zero-order valence-electron chi connectivity index (χ0n) is 10.9. The molecule has 1 saturated heterocycles. The number of hydrogen-bond acceptors (Lipinski definition) is 3. The molecule has 4 heteroatoms. The van der Waals surface area contributed by atoms with E-state index in [1.54, 1.807) is 27.7 Å². The van der Waals surface area contributed by atoms with E-state index in [-0.39, 0.29) is 0 Å². The summed E-state index contributed by atoms with van der Waals surface area (Å²) in [6.07, 6.45) is 0.312. The number of aliphatic hydroxyl groups is 1. The molecule has 0 amide bonds. The highest BCUT2D eigenvalue weighted by molar-refractivity contribution is 5.76. The topological polar surface area (TPSA) is 66.8 Å². The van der Waals surface area contributed by atoms with Crippen molar-refractivity contribution in [2.45, 2.75) is 64.8 Å². The van der Waals surface area contributed by atoms with Crippen LogP contribution in [0.1, 0.15) is 48.0 Å². The van der Waals surface area contributed by atoms with Crippen molar-refractivity contribution in [1.82, 2.24) is 0 Å². The molecule has 4 nitrogen and oxygen atoms in total. The Kier molecular flexibility index (Phi) is 2.69. The number of rotatable bonds is 2. The SMILES string of the molecule is CC1(C)CC(O)(C(C)(C)C(=O)O)C(C)(C)O1. The van der Waals surface area contributed by atoms with Crippen molar-refractivity contribution < 1.29 is 19.7 Å². The van der Waals surface area contributed by atoms with Gasteiger partial charge in [-0.1, -0.05) is 0 Å². The van der Waals surface area contributed by atoms with E-state index in [1.807, 2.05) is 13.8 Å². The Bertz CT molecular complexity index is 317. The summed E-state index contributed by atoms with van der Waals surface area (Å²) in [5.74, 6) is -1.01. The van der Waals surface area contributed by atoms with E-state index in [0.29, 0.717) is 6.42 Å². The van der Waals surface area contributed by atoms with E-state index in [9.17, 15) is 15.0 Å². The lowest BCUT2D eigenvalue weighted by atomic mass is 9.65. The van der Waals surface area contributed by atoms with Crippen molar-refractivity contribution in [3.63, 3.8) is 0 Å². The van der Waals surface area contributed by atoms with E-state index < -0.39 is 28.2 Å². The van der Waals surface area contributed by atoms with E-state index in [0.717, 1.165) is 0 Å². The Morgan fingerprint density at radius 1 is 1.25 bits per heavy atom. The molecule has 1 rings (SSSR count). The quantitative estimate of drug-likeness (QED) is 0.759. The molecule has 1 heterocycles. The van der Waals surface area contributed by atoms with Gasteiger partial charge in [0.1, 0.15) is 5.60 Å². The summed E-state index contributed by atoms with van der Waals surface area (Å²) in [5.41, 5.74) is -4.01. The molecule has 1 aliphatic heterocycles. The minimum Gasteiger partial charge on any atom is -0.481 e. The van der Waals surface area contributed by atoms with E-state index in [1.165, 1.54) is 0 Å². The highest BCUT2D eigenvalue weighted by Gasteiger charge is 2.65. The van der Waals surface area contributed by atoms with E-state index in [2.05, 4.69) is 0 Å². The van der Waals surface area contributed by atoms with Crippen molar-refractivity contribution in [3.8, 4) is 0 Å². The predicted octanol–water partition coefficient (Wildman–Crippen LogP) is 1.81. The van der Waals surface area contributed by atoms with Crippen LogP contribution in [-0.4, -0.2) is 33.0 Å². The molecule has 1 unspecified atom stereocenters. The summed E-state index contributed by atoms with van der Waals surface area (Å²) < 4.78 is 5.77. The number of hydrogen-bond donors (Lipinski definition) is 2. The second-order valence-corrected chi connectivity index (χ2v) is 6.34. The van der Waals surface area contributed by atoms with Gasteiger partial charge in [-0.05, 0) is 41.5 Å². The highest BCUT2D eigenvalue weighted by Crippen LogP contribution is 2.53. The third kappa shape index (κ3) is 1.64. The summed E-state index contributed by atoms with van der Waals surface area (Å²) in [6.45, 7) is 10.3. The maximum Gasteiger partial charge on any atom is 0.312 e.